The first-order valence-electron chi connectivity index (χ1n) is 6.70. The van der Waals surface area contributed by atoms with Crippen LogP contribution < -0.4 is 14.9 Å². The van der Waals surface area contributed by atoms with E-state index < -0.39 is 0 Å². The second-order valence-electron chi connectivity index (χ2n) is 4.85. The van der Waals surface area contributed by atoms with E-state index in [0.29, 0.717) is 16.4 Å². The van der Waals surface area contributed by atoms with Gasteiger partial charge < -0.3 is 13.9 Å². The minimum Gasteiger partial charge on any atom is -0.492 e. The lowest BCUT2D eigenvalue weighted by molar-refractivity contribution is 0.101. The largest absolute Gasteiger partial charge is 0.492 e. The number of carbonyl (C=O) groups is 1. The minimum absolute atomic E-state index is 0.208. The Kier molecular flexibility index (Phi) is 3.33. The van der Waals surface area contributed by atoms with Gasteiger partial charge in [-0.05, 0) is 25.1 Å². The highest BCUT2D eigenvalue weighted by Gasteiger charge is 2.22. The molecule has 2 aromatic carbocycles. The van der Waals surface area contributed by atoms with E-state index in [-0.39, 0.29) is 33.9 Å². The zero-order valence-electron chi connectivity index (χ0n) is 12.4. The van der Waals surface area contributed by atoms with Gasteiger partial charge in [0.15, 0.2) is 17.1 Å². The summed E-state index contributed by atoms with van der Waals surface area (Å²) in [5.74, 6) is 0.290. The topological polar surface area (TPSA) is 65.7 Å². The summed E-state index contributed by atoms with van der Waals surface area (Å²) in [4.78, 5) is 24.5. The number of hydrogen-bond acceptors (Lipinski definition) is 5. The molecule has 3 aromatic rings. The normalized spacial score (nSPS) is 10.9. The number of rotatable bonds is 3. The average Bonchev–Trinajstić information content (AvgIpc) is 2.53. The zero-order chi connectivity index (χ0) is 15.9. The third-order valence-corrected chi connectivity index (χ3v) is 3.57. The zero-order valence-corrected chi connectivity index (χ0v) is 12.4. The second-order valence-corrected chi connectivity index (χ2v) is 4.85. The highest BCUT2D eigenvalue weighted by Crippen LogP contribution is 2.39. The third kappa shape index (κ3) is 1.94. The van der Waals surface area contributed by atoms with Gasteiger partial charge in [-0.3, -0.25) is 9.59 Å². The number of para-hydroxylation sites is 1. The second kappa shape index (κ2) is 5.18. The van der Waals surface area contributed by atoms with E-state index in [0.717, 1.165) is 0 Å². The number of fused-ring (bicyclic) bond motifs is 2. The molecule has 0 saturated heterocycles. The van der Waals surface area contributed by atoms with Crippen molar-refractivity contribution in [1.29, 1.82) is 0 Å². The monoisotopic (exact) mass is 298 g/mol. The van der Waals surface area contributed by atoms with E-state index in [1.807, 2.05) is 0 Å². The van der Waals surface area contributed by atoms with Gasteiger partial charge in [0.05, 0.1) is 30.6 Å². The Hall–Kier alpha value is -2.82. The van der Waals surface area contributed by atoms with Gasteiger partial charge in [-0.1, -0.05) is 12.1 Å². The van der Waals surface area contributed by atoms with Crippen molar-refractivity contribution in [1.82, 2.24) is 0 Å². The maximum Gasteiger partial charge on any atom is 0.205 e. The molecule has 1 aromatic heterocycles. The molecule has 0 radical (unpaired) electrons. The van der Waals surface area contributed by atoms with Crippen LogP contribution in [0.4, 0.5) is 0 Å². The van der Waals surface area contributed by atoms with Gasteiger partial charge in [0.25, 0.3) is 0 Å². The van der Waals surface area contributed by atoms with Crippen molar-refractivity contribution in [3.63, 3.8) is 0 Å². The number of hydrogen-bond donors (Lipinski definition) is 0. The Morgan fingerprint density at radius 2 is 1.73 bits per heavy atom. The first-order chi connectivity index (χ1) is 10.6. The van der Waals surface area contributed by atoms with Crippen molar-refractivity contribution in [3.8, 4) is 11.5 Å². The number of ether oxygens (including phenoxy) is 2. The molecule has 22 heavy (non-hydrogen) atoms. The highest BCUT2D eigenvalue weighted by atomic mass is 16.5. The van der Waals surface area contributed by atoms with Gasteiger partial charge >= 0.3 is 0 Å². The Bertz CT molecular complexity index is 953. The van der Waals surface area contributed by atoms with Gasteiger partial charge in [0, 0.05) is 0 Å². The van der Waals surface area contributed by atoms with Crippen LogP contribution in [0, 0.1) is 0 Å². The maximum absolute atomic E-state index is 12.7. The van der Waals surface area contributed by atoms with Crippen LogP contribution in [0.3, 0.4) is 0 Å². The van der Waals surface area contributed by atoms with Gasteiger partial charge in [0.1, 0.15) is 5.58 Å². The van der Waals surface area contributed by atoms with Crippen LogP contribution in [-0.2, 0) is 0 Å². The van der Waals surface area contributed by atoms with E-state index in [9.17, 15) is 9.59 Å². The molecule has 1 heterocycles. The third-order valence-electron chi connectivity index (χ3n) is 3.57. The molecule has 0 aliphatic heterocycles. The maximum atomic E-state index is 12.7. The molecular weight excluding hydrogens is 284 g/mol. The quantitative estimate of drug-likeness (QED) is 0.549. The van der Waals surface area contributed by atoms with Gasteiger partial charge in [-0.25, -0.2) is 0 Å². The average molecular weight is 298 g/mol. The first kappa shape index (κ1) is 14.1. The van der Waals surface area contributed by atoms with Crippen LogP contribution in [0.1, 0.15) is 17.3 Å². The van der Waals surface area contributed by atoms with E-state index in [1.165, 1.54) is 27.2 Å². The van der Waals surface area contributed by atoms with Crippen LogP contribution in [0.25, 0.3) is 21.9 Å². The first-order valence-corrected chi connectivity index (χ1v) is 6.70. The van der Waals surface area contributed by atoms with Crippen LogP contribution in [0.2, 0.25) is 0 Å². The summed E-state index contributed by atoms with van der Waals surface area (Å²) >= 11 is 0. The van der Waals surface area contributed by atoms with Gasteiger partial charge in [-0.15, -0.1) is 0 Å². The number of methoxy groups -OCH3 is 2. The van der Waals surface area contributed by atoms with E-state index >= 15 is 0 Å². The Morgan fingerprint density at radius 3 is 2.36 bits per heavy atom. The Labute approximate surface area is 126 Å². The van der Waals surface area contributed by atoms with Crippen LogP contribution in [0.5, 0.6) is 11.5 Å². The summed E-state index contributed by atoms with van der Waals surface area (Å²) in [5.41, 5.74) is 0.804. The van der Waals surface area contributed by atoms with Crippen molar-refractivity contribution in [2.75, 3.05) is 14.2 Å². The molecule has 0 saturated carbocycles. The lowest BCUT2D eigenvalue weighted by Crippen LogP contribution is -2.07. The van der Waals surface area contributed by atoms with E-state index in [1.54, 1.807) is 24.3 Å². The molecule has 0 unspecified atom stereocenters. The number of benzene rings is 2. The molecule has 5 nitrogen and oxygen atoms in total. The van der Waals surface area contributed by atoms with Crippen molar-refractivity contribution < 1.29 is 18.7 Å². The van der Waals surface area contributed by atoms with Gasteiger partial charge in [0.2, 0.25) is 11.2 Å². The fraction of sp³-hybridized carbons (Fsp3) is 0.176. The molecule has 0 bridgehead atoms. The molecule has 0 aliphatic rings. The lowest BCUT2D eigenvalue weighted by atomic mass is 10.0. The SMILES string of the molecule is COc1c(C(C)=O)cc2c(=O)c3ccccc3oc2c1OC. The summed E-state index contributed by atoms with van der Waals surface area (Å²) in [6.07, 6.45) is 0. The van der Waals surface area contributed by atoms with Crippen LogP contribution in [0.15, 0.2) is 39.5 Å². The standard InChI is InChI=1S/C17H14O5/c1-9(18)11-8-12-14(19)10-6-4-5-7-13(10)22-16(12)17(21-3)15(11)20-2/h4-8H,1-3H3. The highest BCUT2D eigenvalue weighted by molar-refractivity contribution is 6.04. The predicted octanol–water partition coefficient (Wildman–Crippen LogP) is 3.17. The molecule has 0 fully saturated rings. The van der Waals surface area contributed by atoms with Crippen molar-refractivity contribution in [2.24, 2.45) is 0 Å². The fourth-order valence-corrected chi connectivity index (χ4v) is 2.54. The van der Waals surface area contributed by atoms with E-state index in [2.05, 4.69) is 0 Å². The van der Waals surface area contributed by atoms with Crippen molar-refractivity contribution >= 4 is 27.7 Å². The van der Waals surface area contributed by atoms with Crippen LogP contribution in [-0.4, -0.2) is 20.0 Å². The number of Topliss-reactive ketones (excluding diaryl/α,β-unsaturated/α-hetero) is 1. The molecule has 0 aliphatic carbocycles. The van der Waals surface area contributed by atoms with Crippen LogP contribution >= 0.6 is 0 Å². The smallest absolute Gasteiger partial charge is 0.205 e. The molecular formula is C17H14O5. The molecule has 0 spiro atoms. The summed E-state index contributed by atoms with van der Waals surface area (Å²) in [7, 11) is 2.88. The molecule has 0 N–H and O–H groups in total. The van der Waals surface area contributed by atoms with Crippen molar-refractivity contribution in [2.45, 2.75) is 6.92 Å². The number of carbonyl (C=O) groups excluding carboxylic acids is 1. The Morgan fingerprint density at radius 1 is 1.05 bits per heavy atom. The molecule has 5 heteroatoms. The lowest BCUT2D eigenvalue weighted by Gasteiger charge is -2.13. The molecule has 112 valence electrons. The minimum atomic E-state index is -0.218. The van der Waals surface area contributed by atoms with E-state index in [4.69, 9.17) is 13.9 Å². The van der Waals surface area contributed by atoms with Crippen molar-refractivity contribution in [3.05, 3.63) is 46.1 Å². The molecule has 3 rings (SSSR count). The fourth-order valence-electron chi connectivity index (χ4n) is 2.54. The Balaban J connectivity index is 2.59. The molecule has 0 atom stereocenters. The number of ketones is 1. The summed E-state index contributed by atoms with van der Waals surface area (Å²) in [6.45, 7) is 1.41. The summed E-state index contributed by atoms with van der Waals surface area (Å²) < 4.78 is 16.4. The van der Waals surface area contributed by atoms with Gasteiger partial charge in [-0.2, -0.15) is 0 Å². The summed E-state index contributed by atoms with van der Waals surface area (Å²) in [5, 5.41) is 0.748. The summed E-state index contributed by atoms with van der Waals surface area (Å²) in [6, 6.07) is 8.44. The predicted molar refractivity (Wildman–Crippen MR) is 83.1 cm³/mol. The molecule has 0 amide bonds.